The van der Waals surface area contributed by atoms with E-state index in [0.29, 0.717) is 24.3 Å². The second-order valence-electron chi connectivity index (χ2n) is 8.21. The Balaban J connectivity index is 1.48. The van der Waals surface area contributed by atoms with Crippen molar-refractivity contribution in [1.29, 1.82) is 0 Å². The Hall–Kier alpha value is -3.00. The van der Waals surface area contributed by atoms with E-state index in [0.717, 1.165) is 11.1 Å². The smallest absolute Gasteiger partial charge is 0.162 e. The van der Waals surface area contributed by atoms with Crippen molar-refractivity contribution < 1.29 is 28.5 Å². The summed E-state index contributed by atoms with van der Waals surface area (Å²) >= 11 is 0. The van der Waals surface area contributed by atoms with Crippen molar-refractivity contribution >= 4 is 0 Å². The van der Waals surface area contributed by atoms with Crippen molar-refractivity contribution in [3.8, 4) is 11.5 Å². The molecular formula is C26H27F2NO4. The Kier molecular flexibility index (Phi) is 7.23. The lowest BCUT2D eigenvalue weighted by Crippen LogP contribution is -2.50. The average molecular weight is 456 g/mol. The molecule has 0 spiro atoms. The van der Waals surface area contributed by atoms with E-state index in [9.17, 15) is 19.0 Å². The van der Waals surface area contributed by atoms with E-state index in [2.05, 4.69) is 5.32 Å². The first-order chi connectivity index (χ1) is 16.0. The molecule has 0 bridgehead atoms. The summed E-state index contributed by atoms with van der Waals surface area (Å²) in [6.07, 6.45) is -0.750. The monoisotopic (exact) mass is 455 g/mol. The van der Waals surface area contributed by atoms with E-state index in [4.69, 9.17) is 9.47 Å². The molecule has 0 saturated carbocycles. The molecule has 0 aliphatic carbocycles. The molecule has 0 aromatic heterocycles. The van der Waals surface area contributed by atoms with Crippen molar-refractivity contribution in [2.24, 2.45) is 0 Å². The Labute approximate surface area is 191 Å². The number of hydrogen-bond acceptors (Lipinski definition) is 5. The molecule has 7 heteroatoms. The highest BCUT2D eigenvalue weighted by molar-refractivity contribution is 5.45. The number of aliphatic hydroxyl groups excluding tert-OH is 1. The number of hydrogen-bond donors (Lipinski definition) is 3. The first-order valence-electron chi connectivity index (χ1n) is 10.8. The maximum atomic E-state index is 13.5. The van der Waals surface area contributed by atoms with Crippen LogP contribution in [-0.2, 0) is 11.3 Å². The number of phenols is 1. The fraction of sp³-hybridized carbons (Fsp3) is 0.308. The van der Waals surface area contributed by atoms with Crippen molar-refractivity contribution in [3.05, 3.63) is 95.1 Å². The summed E-state index contributed by atoms with van der Waals surface area (Å²) in [5.74, 6) is -0.526. The number of halogens is 2. The van der Waals surface area contributed by atoms with Gasteiger partial charge in [0.15, 0.2) is 11.5 Å². The maximum Gasteiger partial charge on any atom is 0.162 e. The zero-order valence-electron chi connectivity index (χ0n) is 18.2. The highest BCUT2D eigenvalue weighted by Gasteiger charge is 2.35. The van der Waals surface area contributed by atoms with Crippen LogP contribution in [0.3, 0.4) is 0 Å². The molecule has 4 rings (SSSR count). The summed E-state index contributed by atoms with van der Waals surface area (Å²) in [6, 6.07) is 17.2. The van der Waals surface area contributed by atoms with Gasteiger partial charge in [-0.25, -0.2) is 8.78 Å². The fourth-order valence-electron chi connectivity index (χ4n) is 4.31. The lowest BCUT2D eigenvalue weighted by atomic mass is 9.82. The molecule has 33 heavy (non-hydrogen) atoms. The van der Waals surface area contributed by atoms with Crippen LogP contribution in [0.25, 0.3) is 0 Å². The van der Waals surface area contributed by atoms with Gasteiger partial charge in [-0.05, 0) is 41.5 Å². The molecule has 0 radical (unpaired) electrons. The third-order valence-electron chi connectivity index (χ3n) is 6.12. The van der Waals surface area contributed by atoms with E-state index in [1.54, 1.807) is 42.5 Å². The quantitative estimate of drug-likeness (QED) is 0.500. The lowest BCUT2D eigenvalue weighted by Gasteiger charge is -2.38. The lowest BCUT2D eigenvalue weighted by molar-refractivity contribution is -0.0718. The molecule has 3 atom stereocenters. The van der Waals surface area contributed by atoms with Gasteiger partial charge in [0.1, 0.15) is 11.6 Å². The zero-order valence-corrected chi connectivity index (χ0v) is 18.2. The number of benzene rings is 3. The van der Waals surface area contributed by atoms with E-state index in [1.165, 1.54) is 31.4 Å². The predicted octanol–water partition coefficient (Wildman–Crippen LogP) is 4.12. The highest BCUT2D eigenvalue weighted by atomic mass is 19.1. The summed E-state index contributed by atoms with van der Waals surface area (Å²) in [6.45, 7) is 0.577. The van der Waals surface area contributed by atoms with Crippen LogP contribution in [0.4, 0.5) is 8.78 Å². The first-order valence-corrected chi connectivity index (χ1v) is 10.8. The van der Waals surface area contributed by atoms with Gasteiger partial charge in [-0.1, -0.05) is 36.4 Å². The number of phenolic OH excluding ortho intramolecular Hbond substituents is 1. The van der Waals surface area contributed by atoms with Crippen molar-refractivity contribution in [2.45, 2.75) is 37.1 Å². The maximum absolute atomic E-state index is 13.5. The van der Waals surface area contributed by atoms with Gasteiger partial charge in [0.2, 0.25) is 0 Å². The number of aliphatic hydroxyl groups is 1. The van der Waals surface area contributed by atoms with E-state index < -0.39 is 6.10 Å². The van der Waals surface area contributed by atoms with E-state index in [-0.39, 0.29) is 42.1 Å². The summed E-state index contributed by atoms with van der Waals surface area (Å²) in [4.78, 5) is 0. The minimum Gasteiger partial charge on any atom is -0.504 e. The molecule has 0 amide bonds. The summed E-state index contributed by atoms with van der Waals surface area (Å²) in [5.41, 5.74) is 2.31. The van der Waals surface area contributed by atoms with Crippen LogP contribution in [0.1, 0.15) is 29.0 Å². The molecule has 1 fully saturated rings. The SMILES string of the molecule is COc1cccc(CNC2COC(C(c3ccc(F)cc3)c3ccc(F)cc3)CC2O)c1O. The van der Waals surface area contributed by atoms with Gasteiger partial charge in [-0.2, -0.15) is 0 Å². The molecule has 3 N–H and O–H groups in total. The summed E-state index contributed by atoms with van der Waals surface area (Å²) in [5, 5.41) is 24.4. The molecule has 1 saturated heterocycles. The molecule has 3 unspecified atom stereocenters. The normalized spacial score (nSPS) is 20.7. The van der Waals surface area contributed by atoms with Gasteiger partial charge in [-0.3, -0.25) is 0 Å². The fourth-order valence-corrected chi connectivity index (χ4v) is 4.31. The number of nitrogens with one attached hydrogen (secondary N) is 1. The topological polar surface area (TPSA) is 71.0 Å². The van der Waals surface area contributed by atoms with Gasteiger partial charge in [0.05, 0.1) is 32.0 Å². The molecule has 1 heterocycles. The van der Waals surface area contributed by atoms with Gasteiger partial charge >= 0.3 is 0 Å². The molecule has 3 aromatic carbocycles. The van der Waals surface area contributed by atoms with E-state index in [1.807, 2.05) is 0 Å². The summed E-state index contributed by atoms with van der Waals surface area (Å²) < 4.78 is 38.3. The van der Waals surface area contributed by atoms with Crippen molar-refractivity contribution in [2.75, 3.05) is 13.7 Å². The Morgan fingerprint density at radius 1 is 1.00 bits per heavy atom. The number of ether oxygens (including phenoxy) is 2. The first kappa shape index (κ1) is 23.2. The predicted molar refractivity (Wildman–Crippen MR) is 120 cm³/mol. The molecule has 1 aliphatic rings. The van der Waals surface area contributed by atoms with Crippen LogP contribution in [0, 0.1) is 11.6 Å². The minimum absolute atomic E-state index is 0.0595. The van der Waals surface area contributed by atoms with E-state index >= 15 is 0 Å². The molecule has 5 nitrogen and oxygen atoms in total. The molecule has 174 valence electrons. The van der Waals surface area contributed by atoms with Crippen LogP contribution in [0.5, 0.6) is 11.5 Å². The molecule has 3 aromatic rings. The van der Waals surface area contributed by atoms with Crippen LogP contribution >= 0.6 is 0 Å². The Morgan fingerprint density at radius 2 is 1.61 bits per heavy atom. The largest absolute Gasteiger partial charge is 0.504 e. The third kappa shape index (κ3) is 5.33. The van der Waals surface area contributed by atoms with Crippen LogP contribution in [-0.4, -0.2) is 42.2 Å². The number of methoxy groups -OCH3 is 1. The second-order valence-corrected chi connectivity index (χ2v) is 8.21. The van der Waals surface area contributed by atoms with Crippen molar-refractivity contribution in [1.82, 2.24) is 5.32 Å². The van der Waals surface area contributed by atoms with Crippen LogP contribution in [0.15, 0.2) is 66.7 Å². The van der Waals surface area contributed by atoms with Gasteiger partial charge < -0.3 is 25.0 Å². The number of para-hydroxylation sites is 1. The summed E-state index contributed by atoms with van der Waals surface area (Å²) in [7, 11) is 1.49. The zero-order chi connectivity index (χ0) is 23.4. The van der Waals surface area contributed by atoms with Gasteiger partial charge in [0.25, 0.3) is 0 Å². The number of rotatable bonds is 7. The molecular weight excluding hydrogens is 428 g/mol. The highest BCUT2D eigenvalue weighted by Crippen LogP contribution is 2.35. The third-order valence-corrected chi connectivity index (χ3v) is 6.12. The van der Waals surface area contributed by atoms with Gasteiger partial charge in [0, 0.05) is 24.4 Å². The Morgan fingerprint density at radius 3 is 2.15 bits per heavy atom. The second kappa shape index (κ2) is 10.3. The minimum atomic E-state index is -0.708. The molecule has 1 aliphatic heterocycles. The average Bonchev–Trinajstić information content (AvgIpc) is 2.82. The number of aromatic hydroxyl groups is 1. The van der Waals surface area contributed by atoms with Crippen LogP contribution < -0.4 is 10.1 Å². The van der Waals surface area contributed by atoms with Crippen LogP contribution in [0.2, 0.25) is 0 Å². The Bertz CT molecular complexity index is 1010. The van der Waals surface area contributed by atoms with Gasteiger partial charge in [-0.15, -0.1) is 0 Å². The standard InChI is InChI=1S/C26H27F2NO4/c1-32-23-4-2-3-18(26(23)31)14-29-21-15-33-24(13-22(21)30)25(16-5-9-19(27)10-6-16)17-7-11-20(28)12-8-17/h2-12,21-22,24-25,29-31H,13-15H2,1H3. The van der Waals surface area contributed by atoms with Crippen molar-refractivity contribution in [3.63, 3.8) is 0 Å².